The second-order valence-corrected chi connectivity index (χ2v) is 5.45. The van der Waals surface area contributed by atoms with Crippen LogP contribution >= 0.6 is 15.9 Å². The third kappa shape index (κ3) is 2.14. The van der Waals surface area contributed by atoms with Crippen molar-refractivity contribution in [2.24, 2.45) is 0 Å². The number of para-hydroxylation sites is 1. The quantitative estimate of drug-likeness (QED) is 0.740. The van der Waals surface area contributed by atoms with Crippen LogP contribution in [-0.4, -0.2) is 15.0 Å². The van der Waals surface area contributed by atoms with Crippen LogP contribution in [0.25, 0.3) is 22.3 Å². The van der Waals surface area contributed by atoms with Gasteiger partial charge < -0.3 is 5.73 Å². The van der Waals surface area contributed by atoms with Gasteiger partial charge in [-0.05, 0) is 41.9 Å². The topological polar surface area (TPSA) is 64.7 Å². The first kappa shape index (κ1) is 13.0. The second-order valence-electron chi connectivity index (χ2n) is 4.66. The minimum absolute atomic E-state index is 0.450. The van der Waals surface area contributed by atoms with Gasteiger partial charge in [-0.2, -0.15) is 0 Å². The number of anilines is 1. The molecule has 3 rings (SSSR count). The Hall–Kier alpha value is -2.01. The molecule has 4 nitrogen and oxygen atoms in total. The number of nitrogen functional groups attached to an aromatic ring is 1. The van der Waals surface area contributed by atoms with Crippen molar-refractivity contribution in [2.45, 2.75) is 13.8 Å². The molecule has 20 heavy (non-hydrogen) atoms. The Labute approximate surface area is 125 Å². The maximum atomic E-state index is 5.93. The molecule has 3 aromatic rings. The summed E-state index contributed by atoms with van der Waals surface area (Å²) < 4.78 is 0.747. The van der Waals surface area contributed by atoms with E-state index in [2.05, 4.69) is 30.9 Å². The van der Waals surface area contributed by atoms with Crippen molar-refractivity contribution in [2.75, 3.05) is 5.73 Å². The van der Waals surface area contributed by atoms with Crippen LogP contribution in [0.15, 0.2) is 34.8 Å². The molecule has 2 aromatic heterocycles. The van der Waals surface area contributed by atoms with Gasteiger partial charge in [-0.15, -0.1) is 0 Å². The number of fused-ring (bicyclic) bond motifs is 1. The number of nitrogens with zero attached hydrogens (tertiary/aromatic N) is 3. The normalized spacial score (nSPS) is 10.9. The predicted octanol–water partition coefficient (Wildman–Crippen LogP) is 3.65. The maximum absolute atomic E-state index is 5.93. The number of hydrogen-bond donors (Lipinski definition) is 1. The van der Waals surface area contributed by atoms with Crippen LogP contribution in [0.5, 0.6) is 0 Å². The number of aromatic nitrogens is 3. The van der Waals surface area contributed by atoms with Crippen molar-refractivity contribution >= 4 is 32.7 Å². The van der Waals surface area contributed by atoms with Gasteiger partial charge in [0.25, 0.3) is 0 Å². The molecule has 0 spiro atoms. The van der Waals surface area contributed by atoms with Gasteiger partial charge in [0.15, 0.2) is 5.82 Å². The zero-order chi connectivity index (χ0) is 14.3. The summed E-state index contributed by atoms with van der Waals surface area (Å²) in [5.41, 5.74) is 9.57. The van der Waals surface area contributed by atoms with Crippen LogP contribution in [0.4, 0.5) is 5.82 Å². The number of benzene rings is 1. The van der Waals surface area contributed by atoms with Gasteiger partial charge in [0.1, 0.15) is 5.82 Å². The van der Waals surface area contributed by atoms with Gasteiger partial charge >= 0.3 is 0 Å². The van der Waals surface area contributed by atoms with E-state index in [1.54, 1.807) is 0 Å². The Kier molecular flexibility index (Phi) is 3.14. The first-order chi connectivity index (χ1) is 9.56. The third-order valence-electron chi connectivity index (χ3n) is 3.13. The molecule has 0 atom stereocenters. The molecule has 0 bridgehead atoms. The third-order valence-corrected chi connectivity index (χ3v) is 4.11. The molecular weight excluding hydrogens is 316 g/mol. The lowest BCUT2D eigenvalue weighted by Crippen LogP contribution is -2.01. The van der Waals surface area contributed by atoms with E-state index in [-0.39, 0.29) is 0 Å². The summed E-state index contributed by atoms with van der Waals surface area (Å²) >= 11 is 3.39. The van der Waals surface area contributed by atoms with Crippen molar-refractivity contribution in [3.63, 3.8) is 0 Å². The van der Waals surface area contributed by atoms with E-state index in [4.69, 9.17) is 5.73 Å². The number of pyridine rings is 1. The molecule has 2 N–H and O–H groups in total. The van der Waals surface area contributed by atoms with E-state index < -0.39 is 0 Å². The second kappa shape index (κ2) is 4.83. The van der Waals surface area contributed by atoms with Crippen molar-refractivity contribution in [3.8, 4) is 11.4 Å². The van der Waals surface area contributed by atoms with E-state index in [0.29, 0.717) is 11.6 Å². The van der Waals surface area contributed by atoms with Gasteiger partial charge in [-0.25, -0.2) is 9.97 Å². The van der Waals surface area contributed by atoms with Gasteiger partial charge in [0.05, 0.1) is 15.7 Å². The molecule has 0 fully saturated rings. The van der Waals surface area contributed by atoms with Crippen molar-refractivity contribution in [3.05, 3.63) is 46.2 Å². The summed E-state index contributed by atoms with van der Waals surface area (Å²) in [5, 5.41) is 1.03. The summed E-state index contributed by atoms with van der Waals surface area (Å²) in [6.07, 6.45) is 0. The van der Waals surface area contributed by atoms with E-state index in [1.165, 1.54) is 0 Å². The molecule has 1 aromatic carbocycles. The lowest BCUT2D eigenvalue weighted by molar-refractivity contribution is 1.10. The first-order valence-corrected chi connectivity index (χ1v) is 7.02. The van der Waals surface area contributed by atoms with Gasteiger partial charge in [-0.3, -0.25) is 4.98 Å². The molecule has 2 heterocycles. The Bertz CT molecular complexity index is 791. The summed E-state index contributed by atoms with van der Waals surface area (Å²) in [5.74, 6) is 1.08. The number of halogens is 1. The zero-order valence-electron chi connectivity index (χ0n) is 11.2. The minimum Gasteiger partial charge on any atom is -0.383 e. The van der Waals surface area contributed by atoms with Gasteiger partial charge in [0.2, 0.25) is 0 Å². The zero-order valence-corrected chi connectivity index (χ0v) is 12.8. The van der Waals surface area contributed by atoms with Crippen LogP contribution in [0.2, 0.25) is 0 Å². The number of rotatable bonds is 1. The van der Waals surface area contributed by atoms with Crippen LogP contribution in [0.1, 0.15) is 11.4 Å². The van der Waals surface area contributed by atoms with E-state index in [1.807, 2.05) is 44.2 Å². The van der Waals surface area contributed by atoms with Crippen molar-refractivity contribution in [1.29, 1.82) is 0 Å². The smallest absolute Gasteiger partial charge is 0.162 e. The highest BCUT2D eigenvalue weighted by Crippen LogP contribution is 2.29. The van der Waals surface area contributed by atoms with Crippen molar-refractivity contribution < 1.29 is 0 Å². The Morgan fingerprint density at radius 1 is 1.05 bits per heavy atom. The SMILES string of the molecule is Cc1cc(-c2nc(C)c(Br)c(N)n2)c2ccccc2n1. The first-order valence-electron chi connectivity index (χ1n) is 6.22. The van der Waals surface area contributed by atoms with E-state index >= 15 is 0 Å². The fraction of sp³-hybridized carbons (Fsp3) is 0.133. The summed E-state index contributed by atoms with van der Waals surface area (Å²) in [4.78, 5) is 13.4. The van der Waals surface area contributed by atoms with E-state index in [9.17, 15) is 0 Å². The minimum atomic E-state index is 0.450. The molecular formula is C15H13BrN4. The lowest BCUT2D eigenvalue weighted by atomic mass is 10.1. The molecule has 0 aliphatic carbocycles. The Morgan fingerprint density at radius 2 is 1.80 bits per heavy atom. The molecule has 0 saturated carbocycles. The summed E-state index contributed by atoms with van der Waals surface area (Å²) in [6, 6.07) is 9.96. The monoisotopic (exact) mass is 328 g/mol. The fourth-order valence-corrected chi connectivity index (χ4v) is 2.37. The highest BCUT2D eigenvalue weighted by Gasteiger charge is 2.12. The predicted molar refractivity (Wildman–Crippen MR) is 84.4 cm³/mol. The Balaban J connectivity index is 2.34. The van der Waals surface area contributed by atoms with E-state index in [0.717, 1.165) is 32.3 Å². The standard InChI is InChI=1S/C15H13BrN4/c1-8-7-11(10-5-3-4-6-12(10)18-8)15-19-9(2)13(16)14(17)20-15/h3-7H,1-2H3,(H2,17,19,20). The highest BCUT2D eigenvalue weighted by atomic mass is 79.9. The molecule has 5 heteroatoms. The molecule has 0 aliphatic rings. The van der Waals surface area contributed by atoms with Crippen LogP contribution in [-0.2, 0) is 0 Å². The van der Waals surface area contributed by atoms with Crippen LogP contribution < -0.4 is 5.73 Å². The van der Waals surface area contributed by atoms with Crippen LogP contribution in [0.3, 0.4) is 0 Å². The van der Waals surface area contributed by atoms with Crippen LogP contribution in [0, 0.1) is 13.8 Å². The molecule has 0 saturated heterocycles. The molecule has 0 unspecified atom stereocenters. The number of nitrogens with two attached hydrogens (primary N) is 1. The molecule has 0 aliphatic heterocycles. The number of aryl methyl sites for hydroxylation is 2. The van der Waals surface area contributed by atoms with Crippen molar-refractivity contribution in [1.82, 2.24) is 15.0 Å². The van der Waals surface area contributed by atoms with Gasteiger partial charge in [0, 0.05) is 16.6 Å². The summed E-state index contributed by atoms with van der Waals surface area (Å²) in [6.45, 7) is 3.87. The molecule has 0 amide bonds. The average molecular weight is 329 g/mol. The summed E-state index contributed by atoms with van der Waals surface area (Å²) in [7, 11) is 0. The fourth-order valence-electron chi connectivity index (χ4n) is 2.19. The highest BCUT2D eigenvalue weighted by molar-refractivity contribution is 9.10. The maximum Gasteiger partial charge on any atom is 0.162 e. The average Bonchev–Trinajstić information content (AvgIpc) is 2.43. The lowest BCUT2D eigenvalue weighted by Gasteiger charge is -2.09. The molecule has 100 valence electrons. The molecule has 0 radical (unpaired) electrons. The largest absolute Gasteiger partial charge is 0.383 e. The van der Waals surface area contributed by atoms with Gasteiger partial charge in [-0.1, -0.05) is 18.2 Å². The number of hydrogen-bond acceptors (Lipinski definition) is 4. The Morgan fingerprint density at radius 3 is 2.55 bits per heavy atom.